The summed E-state index contributed by atoms with van der Waals surface area (Å²) in [7, 11) is 0. The number of non-ortho nitro benzene ring substituents is 1. The zero-order chi connectivity index (χ0) is 19.4. The van der Waals surface area contributed by atoms with Crippen LogP contribution in [0.2, 0.25) is 5.02 Å². The fourth-order valence-corrected chi connectivity index (χ4v) is 3.70. The Hall–Kier alpha value is -2.64. The second-order valence-corrected chi connectivity index (χ2v) is 7.57. The molecule has 1 heterocycles. The van der Waals surface area contributed by atoms with Gasteiger partial charge in [-0.25, -0.2) is 0 Å². The molecule has 0 radical (unpaired) electrons. The molecule has 0 amide bonds. The van der Waals surface area contributed by atoms with Crippen LogP contribution in [0.5, 0.6) is 0 Å². The Bertz CT molecular complexity index is 972. The van der Waals surface area contributed by atoms with Crippen molar-refractivity contribution in [2.45, 2.75) is 23.9 Å². The average molecular weight is 401 g/mol. The number of hydrogen-bond acceptors (Lipinski definition) is 5. The van der Waals surface area contributed by atoms with Crippen LogP contribution in [-0.4, -0.2) is 19.7 Å². The third kappa shape index (κ3) is 4.37. The van der Waals surface area contributed by atoms with Gasteiger partial charge in [-0.3, -0.25) is 14.7 Å². The first-order valence-electron chi connectivity index (χ1n) is 8.20. The van der Waals surface area contributed by atoms with E-state index in [0.717, 1.165) is 22.1 Å². The van der Waals surface area contributed by atoms with Crippen LogP contribution >= 0.6 is 23.4 Å². The van der Waals surface area contributed by atoms with Crippen molar-refractivity contribution >= 4 is 29.1 Å². The Balaban J connectivity index is 1.90. The number of allylic oxidation sites excluding steroid dienone is 1. The smallest absolute Gasteiger partial charge is 0.269 e. The monoisotopic (exact) mass is 400 g/mol. The van der Waals surface area contributed by atoms with E-state index in [0.29, 0.717) is 11.6 Å². The van der Waals surface area contributed by atoms with Crippen molar-refractivity contribution in [2.24, 2.45) is 0 Å². The van der Waals surface area contributed by atoms with Gasteiger partial charge in [0, 0.05) is 34.5 Å². The Morgan fingerprint density at radius 3 is 2.70 bits per heavy atom. The zero-order valence-electron chi connectivity index (χ0n) is 14.6. The van der Waals surface area contributed by atoms with Gasteiger partial charge >= 0.3 is 0 Å². The minimum Gasteiger partial charge on any atom is -0.298 e. The lowest BCUT2D eigenvalue weighted by molar-refractivity contribution is -0.384. The van der Waals surface area contributed by atoms with Crippen molar-refractivity contribution in [3.63, 3.8) is 0 Å². The molecule has 0 bridgehead atoms. The molecular weight excluding hydrogens is 384 g/mol. The van der Waals surface area contributed by atoms with Crippen molar-refractivity contribution in [2.75, 3.05) is 0 Å². The van der Waals surface area contributed by atoms with E-state index in [1.54, 1.807) is 18.2 Å². The molecule has 0 aliphatic heterocycles. The Labute approximate surface area is 166 Å². The summed E-state index contributed by atoms with van der Waals surface area (Å²) in [6.45, 7) is 6.35. The van der Waals surface area contributed by atoms with E-state index in [2.05, 4.69) is 16.8 Å². The van der Waals surface area contributed by atoms with Crippen molar-refractivity contribution in [3.05, 3.63) is 81.9 Å². The van der Waals surface area contributed by atoms with E-state index in [4.69, 9.17) is 11.6 Å². The highest BCUT2D eigenvalue weighted by Gasteiger charge is 2.18. The zero-order valence-corrected chi connectivity index (χ0v) is 16.2. The van der Waals surface area contributed by atoms with Crippen molar-refractivity contribution in [1.82, 2.24) is 14.8 Å². The first kappa shape index (κ1) is 19.1. The number of nitrogens with zero attached hydrogens (tertiary/aromatic N) is 4. The van der Waals surface area contributed by atoms with Gasteiger partial charge in [-0.1, -0.05) is 41.6 Å². The minimum atomic E-state index is -0.389. The molecule has 138 valence electrons. The summed E-state index contributed by atoms with van der Waals surface area (Å²) in [5.41, 5.74) is 1.84. The number of thioether (sulfide) groups is 1. The lowest BCUT2D eigenvalue weighted by Gasteiger charge is -2.12. The van der Waals surface area contributed by atoms with Gasteiger partial charge in [0.15, 0.2) is 11.0 Å². The fourth-order valence-electron chi connectivity index (χ4n) is 2.60. The summed E-state index contributed by atoms with van der Waals surface area (Å²) in [6, 6.07) is 14.0. The van der Waals surface area contributed by atoms with Crippen LogP contribution < -0.4 is 0 Å². The van der Waals surface area contributed by atoms with Crippen LogP contribution in [-0.2, 0) is 6.54 Å². The summed E-state index contributed by atoms with van der Waals surface area (Å²) in [6.07, 6.45) is 1.78. The molecule has 1 aromatic heterocycles. The van der Waals surface area contributed by atoms with Gasteiger partial charge in [-0.05, 0) is 36.8 Å². The molecule has 0 spiro atoms. The molecule has 0 fully saturated rings. The van der Waals surface area contributed by atoms with Gasteiger partial charge in [-0.15, -0.1) is 16.8 Å². The lowest BCUT2D eigenvalue weighted by atomic mass is 10.1. The first-order valence-corrected chi connectivity index (χ1v) is 9.46. The molecule has 2 aromatic carbocycles. The van der Waals surface area contributed by atoms with Crippen molar-refractivity contribution < 1.29 is 4.92 Å². The summed E-state index contributed by atoms with van der Waals surface area (Å²) >= 11 is 7.46. The topological polar surface area (TPSA) is 73.8 Å². The number of benzene rings is 2. The third-order valence-corrected chi connectivity index (χ3v) is 5.35. The minimum absolute atomic E-state index is 0.0317. The quantitative estimate of drug-likeness (QED) is 0.225. The van der Waals surface area contributed by atoms with Gasteiger partial charge in [0.1, 0.15) is 0 Å². The lowest BCUT2D eigenvalue weighted by Crippen LogP contribution is -2.02. The van der Waals surface area contributed by atoms with Crippen LogP contribution in [0.4, 0.5) is 5.69 Å². The molecular formula is C19H17ClN4O2S. The fraction of sp³-hybridized carbons (Fsp3) is 0.158. The maximum absolute atomic E-state index is 11.0. The standard InChI is InChI=1S/C19H17ClN4O2S/c1-3-11-23-18(14-7-9-16(20)10-8-14)21-22-19(23)27-13(2)15-5-4-6-17(12-15)24(25)26/h3-10,12-13H,1,11H2,2H3/t13-/m0/s1. The molecule has 6 nitrogen and oxygen atoms in total. The molecule has 8 heteroatoms. The third-order valence-electron chi connectivity index (χ3n) is 3.96. The number of aromatic nitrogens is 3. The van der Waals surface area contributed by atoms with Crippen LogP contribution in [0.25, 0.3) is 11.4 Å². The summed E-state index contributed by atoms with van der Waals surface area (Å²) < 4.78 is 1.97. The summed E-state index contributed by atoms with van der Waals surface area (Å²) in [4.78, 5) is 10.6. The highest BCUT2D eigenvalue weighted by Crippen LogP contribution is 2.36. The van der Waals surface area contributed by atoms with E-state index in [1.165, 1.54) is 17.8 Å². The highest BCUT2D eigenvalue weighted by atomic mass is 35.5. The largest absolute Gasteiger partial charge is 0.298 e. The van der Waals surface area contributed by atoms with Crippen LogP contribution in [0.1, 0.15) is 17.7 Å². The average Bonchev–Trinajstić information content (AvgIpc) is 3.05. The molecule has 0 N–H and O–H groups in total. The summed E-state index contributed by atoms with van der Waals surface area (Å²) in [5, 5.41) is 21.0. The second kappa shape index (κ2) is 8.37. The first-order chi connectivity index (χ1) is 13.0. The van der Waals surface area contributed by atoms with Crippen molar-refractivity contribution in [1.29, 1.82) is 0 Å². The number of hydrogen-bond donors (Lipinski definition) is 0. The van der Waals surface area contributed by atoms with Crippen molar-refractivity contribution in [3.8, 4) is 11.4 Å². The predicted octanol–water partition coefficient (Wildman–Crippen LogP) is 5.55. The molecule has 0 aliphatic carbocycles. The Morgan fingerprint density at radius 2 is 2.04 bits per heavy atom. The molecule has 0 aliphatic rings. The van der Waals surface area contributed by atoms with E-state index in [-0.39, 0.29) is 15.9 Å². The van der Waals surface area contributed by atoms with Crippen LogP contribution in [0.3, 0.4) is 0 Å². The van der Waals surface area contributed by atoms with E-state index in [1.807, 2.05) is 41.8 Å². The SMILES string of the molecule is C=CCn1c(S[C@@H](C)c2cccc([N+](=O)[O-])c2)nnc1-c1ccc(Cl)cc1. The molecule has 0 saturated heterocycles. The van der Waals surface area contributed by atoms with Gasteiger partial charge in [0.05, 0.1) is 4.92 Å². The highest BCUT2D eigenvalue weighted by molar-refractivity contribution is 7.99. The van der Waals surface area contributed by atoms with E-state index >= 15 is 0 Å². The van der Waals surface area contributed by atoms with Gasteiger partial charge in [-0.2, -0.15) is 0 Å². The van der Waals surface area contributed by atoms with E-state index in [9.17, 15) is 10.1 Å². The molecule has 0 saturated carbocycles. The van der Waals surface area contributed by atoms with Gasteiger partial charge in [0.2, 0.25) is 0 Å². The number of rotatable bonds is 7. The van der Waals surface area contributed by atoms with Crippen LogP contribution in [0, 0.1) is 10.1 Å². The maximum atomic E-state index is 11.0. The Kier molecular flexibility index (Phi) is 5.93. The Morgan fingerprint density at radius 1 is 1.30 bits per heavy atom. The van der Waals surface area contributed by atoms with Gasteiger partial charge in [0.25, 0.3) is 5.69 Å². The number of halogens is 1. The molecule has 3 rings (SSSR count). The number of nitro benzene ring substituents is 1. The normalized spacial score (nSPS) is 11.9. The number of nitro groups is 1. The molecule has 1 atom stereocenters. The molecule has 27 heavy (non-hydrogen) atoms. The molecule has 0 unspecified atom stereocenters. The van der Waals surface area contributed by atoms with Gasteiger partial charge < -0.3 is 0 Å². The predicted molar refractivity (Wildman–Crippen MR) is 108 cm³/mol. The summed E-state index contributed by atoms with van der Waals surface area (Å²) in [5.74, 6) is 0.723. The molecule has 3 aromatic rings. The second-order valence-electron chi connectivity index (χ2n) is 5.82. The van der Waals surface area contributed by atoms with Crippen LogP contribution in [0.15, 0.2) is 66.3 Å². The maximum Gasteiger partial charge on any atom is 0.269 e. The van der Waals surface area contributed by atoms with E-state index < -0.39 is 0 Å².